The fourth-order valence-corrected chi connectivity index (χ4v) is 4.22. The number of phosphoric ester groups is 1. The normalized spacial score (nSPS) is 33.0. The Morgan fingerprint density at radius 2 is 1.86 bits per heavy atom. The Hall–Kier alpha value is 0.395. The van der Waals surface area contributed by atoms with Crippen LogP contribution in [-0.4, -0.2) is 39.1 Å². The maximum Gasteiger partial charge on any atom is 0.278 e. The molecule has 0 aromatic heterocycles. The molecule has 0 saturated carbocycles. The first-order valence-corrected chi connectivity index (χ1v) is 9.48. The minimum Gasteiger partial charge on any atom is -0.790 e. The second-order valence-electron chi connectivity index (χ2n) is 3.82. The fraction of sp³-hybridized carbons (Fsp3) is 1.00. The molecule has 0 bridgehead atoms. The summed E-state index contributed by atoms with van der Waals surface area (Å²) in [6, 6.07) is -0.767. The Morgan fingerprint density at radius 1 is 1.24 bits per heavy atom. The Bertz CT molecular complexity index is 523. The van der Waals surface area contributed by atoms with Gasteiger partial charge in [0.2, 0.25) is 0 Å². The lowest BCUT2D eigenvalue weighted by Gasteiger charge is -2.37. The Kier molecular flexibility index (Phi) is 5.81. The first kappa shape index (κ1) is 17.7. The van der Waals surface area contributed by atoms with E-state index in [4.69, 9.17) is 6.07 Å². The van der Waals surface area contributed by atoms with Crippen LogP contribution in [0, 0.1) is 0 Å². The van der Waals surface area contributed by atoms with E-state index < -0.39 is 48.3 Å². The first-order valence-electron chi connectivity index (χ1n) is 5.68. The average molecular weight is 366 g/mol. The van der Waals surface area contributed by atoms with E-state index in [0.29, 0.717) is 0 Å². The highest BCUT2D eigenvalue weighted by Gasteiger charge is 2.33. The molecular formula is C5H9BO12P3-4. The summed E-state index contributed by atoms with van der Waals surface area (Å²) in [7, 11) is -16.8. The topological polar surface area (TPSA) is 201 Å². The van der Waals surface area contributed by atoms with Crippen LogP contribution in [0.3, 0.4) is 0 Å². The molecule has 5 unspecified atom stereocenters. The first-order chi connectivity index (χ1) is 9.84. The number of hydrogen-bond donors (Lipinski definition) is 1. The van der Waals surface area contributed by atoms with E-state index in [-0.39, 0.29) is 6.42 Å². The van der Waals surface area contributed by atoms with E-state index in [0.717, 1.165) is 7.81 Å². The third-order valence-corrected chi connectivity index (χ3v) is 5.71. The lowest BCUT2D eigenvalue weighted by Crippen LogP contribution is -2.27. The molecule has 0 amide bonds. The smallest absolute Gasteiger partial charge is 0.278 e. The van der Waals surface area contributed by atoms with E-state index in [9.17, 15) is 38.4 Å². The Balaban J connectivity index is 2.56. The summed E-state index contributed by atoms with van der Waals surface area (Å²) in [5.41, 5.74) is 0. The van der Waals surface area contributed by atoms with Crippen molar-refractivity contribution in [3.63, 3.8) is 0 Å². The predicted molar refractivity (Wildman–Crippen MR) is 57.4 cm³/mol. The second-order valence-corrected chi connectivity index (χ2v) is 8.06. The van der Waals surface area contributed by atoms with Gasteiger partial charge in [0.05, 0.1) is 20.5 Å². The molecule has 16 heteroatoms. The number of hydrogen-bond acceptors (Lipinski definition) is 12. The highest BCUT2D eigenvalue weighted by Crippen LogP contribution is 2.60. The molecule has 1 fully saturated rings. The number of rotatable bonds is 8. The van der Waals surface area contributed by atoms with Gasteiger partial charge in [-0.1, -0.05) is 0 Å². The van der Waals surface area contributed by atoms with Gasteiger partial charge in [-0.15, -0.1) is 0 Å². The van der Waals surface area contributed by atoms with Crippen molar-refractivity contribution in [2.75, 3.05) is 6.61 Å². The molecule has 0 spiro atoms. The summed E-state index contributed by atoms with van der Waals surface area (Å²) in [6.45, 7) is -0.862. The van der Waals surface area contributed by atoms with Crippen molar-refractivity contribution in [1.82, 2.24) is 0 Å². The van der Waals surface area contributed by atoms with Crippen LogP contribution in [-0.2, 0) is 31.6 Å². The molecule has 1 aliphatic heterocycles. The fourth-order valence-electron chi connectivity index (χ4n) is 1.36. The van der Waals surface area contributed by atoms with Crippen molar-refractivity contribution in [2.24, 2.45) is 0 Å². The molecule has 0 aromatic carbocycles. The second kappa shape index (κ2) is 6.88. The molecule has 1 heterocycles. The number of ether oxygens (including phenoxy) is 1. The van der Waals surface area contributed by atoms with Crippen LogP contribution in [0.15, 0.2) is 0 Å². The van der Waals surface area contributed by atoms with Crippen molar-refractivity contribution >= 4 is 31.3 Å². The van der Waals surface area contributed by atoms with Gasteiger partial charge in [0.15, 0.2) is 0 Å². The Labute approximate surface area is 121 Å². The quantitative estimate of drug-likeness (QED) is 0.324. The highest BCUT2D eigenvalue weighted by atomic mass is 31.3. The van der Waals surface area contributed by atoms with Crippen molar-refractivity contribution in [1.29, 1.82) is 1.34 Å². The van der Waals surface area contributed by atoms with Crippen LogP contribution >= 0.6 is 23.5 Å². The van der Waals surface area contributed by atoms with Crippen molar-refractivity contribution in [2.45, 2.75) is 24.6 Å². The van der Waals surface area contributed by atoms with Gasteiger partial charge in [-0.2, -0.15) is 0 Å². The minimum atomic E-state index is -6.04. The van der Waals surface area contributed by atoms with E-state index in [1.54, 1.807) is 0 Å². The summed E-state index contributed by atoms with van der Waals surface area (Å²) in [4.78, 5) is 42.3. The monoisotopic (exact) mass is 366 g/mol. The largest absolute Gasteiger partial charge is 0.790 e. The summed E-state index contributed by atoms with van der Waals surface area (Å²) in [6.07, 6.45) is -2.36. The highest BCUT2D eigenvalue weighted by molar-refractivity contribution is 7.64. The van der Waals surface area contributed by atoms with Gasteiger partial charge >= 0.3 is 0 Å². The molecular weight excluding hydrogens is 356 g/mol. The van der Waals surface area contributed by atoms with Crippen LogP contribution in [0.1, 0.15) is 6.42 Å². The van der Waals surface area contributed by atoms with E-state index in [1.807, 2.05) is 0 Å². The van der Waals surface area contributed by atoms with Crippen LogP contribution in [0.4, 0.5) is 0 Å². The van der Waals surface area contributed by atoms with Gasteiger partial charge in [-0.25, -0.2) is 4.31 Å². The molecule has 21 heavy (non-hydrogen) atoms. The van der Waals surface area contributed by atoms with Crippen LogP contribution in [0.5, 0.6) is 0 Å². The molecule has 1 aliphatic rings. The molecule has 123 valence electrons. The molecule has 1 radical (unpaired) electrons. The van der Waals surface area contributed by atoms with Gasteiger partial charge in [-0.3, -0.25) is 13.4 Å². The summed E-state index contributed by atoms with van der Waals surface area (Å²) >= 11 is 0. The van der Waals surface area contributed by atoms with Crippen molar-refractivity contribution in [3.05, 3.63) is 0 Å². The van der Waals surface area contributed by atoms with Crippen molar-refractivity contribution < 1.29 is 56.3 Å². The van der Waals surface area contributed by atoms with Gasteiger partial charge < -0.3 is 38.5 Å². The number of phosphoric acid groups is 3. The molecule has 0 aromatic rings. The third-order valence-electron chi connectivity index (χ3n) is 2.05. The molecule has 1 saturated heterocycles. The molecule has 0 aliphatic carbocycles. The lowest BCUT2D eigenvalue weighted by molar-refractivity contribution is -0.339. The maximum absolute atomic E-state index is 11.2. The number of aliphatic hydroxyl groups is 1. The zero-order chi connectivity index (χ0) is 17.2. The van der Waals surface area contributed by atoms with Crippen molar-refractivity contribution in [3.8, 4) is 0 Å². The van der Waals surface area contributed by atoms with Crippen LogP contribution < -0.4 is 19.6 Å². The van der Waals surface area contributed by atoms with E-state index in [2.05, 4.69) is 13.1 Å². The third kappa shape index (κ3) is 7.47. The molecule has 1 N–H and O–H groups in total. The molecule has 1 rings (SSSR count). The van der Waals surface area contributed by atoms with E-state index in [1.165, 1.54) is 0 Å². The zero-order valence-corrected chi connectivity index (χ0v) is 12.7. The SMILES string of the molecule is [2H][B]C1CC(O)C(COP(=O)([O-])OP(=O)([O-])OP(=O)([O-])[O-])O1. The summed E-state index contributed by atoms with van der Waals surface area (Å²) in [5, 5.41) is 9.47. The van der Waals surface area contributed by atoms with E-state index >= 15 is 0 Å². The van der Waals surface area contributed by atoms with Crippen LogP contribution in [0.25, 0.3) is 0 Å². The van der Waals surface area contributed by atoms with Gasteiger partial charge in [-0.05, 0) is 7.76 Å². The maximum atomic E-state index is 11.2. The summed E-state index contributed by atoms with van der Waals surface area (Å²) < 4.78 is 54.5. The van der Waals surface area contributed by atoms with Gasteiger partial charge in [0.1, 0.15) is 13.9 Å². The van der Waals surface area contributed by atoms with Crippen LogP contribution in [0.2, 0.25) is 0 Å². The lowest BCUT2D eigenvalue weighted by atomic mass is 9.96. The predicted octanol–water partition coefficient (Wildman–Crippen LogP) is -3.82. The average Bonchev–Trinajstić information content (AvgIpc) is 2.62. The zero-order valence-electron chi connectivity index (χ0n) is 11.0. The Morgan fingerprint density at radius 3 is 2.33 bits per heavy atom. The molecule has 12 nitrogen and oxygen atoms in total. The van der Waals surface area contributed by atoms with Gasteiger partial charge in [0, 0.05) is 6.00 Å². The minimum absolute atomic E-state index is 0.000246. The summed E-state index contributed by atoms with van der Waals surface area (Å²) in [5.74, 6) is 0. The van der Waals surface area contributed by atoms with Gasteiger partial charge in [0.25, 0.3) is 15.6 Å². The number of aliphatic hydroxyl groups excluding tert-OH is 1. The standard InChI is InChI=1S/C5H13BO12P3/c6-5-1-3(7)4(16-5)2-15-20(11,12)18-21(13,14)17-19(8,9)10/h3-7H,1-2H2,(H,11,12)(H,13,14)(H2,8,9,10)/p-4/i6D. The molecule has 5 atom stereocenters.